The van der Waals surface area contributed by atoms with Gasteiger partial charge >= 0.3 is 0 Å². The average Bonchev–Trinajstić information content (AvgIpc) is 3.15. The van der Waals surface area contributed by atoms with Gasteiger partial charge in [-0.15, -0.1) is 0 Å². The summed E-state index contributed by atoms with van der Waals surface area (Å²) in [4.78, 5) is 13.1. The Bertz CT molecular complexity index is 736. The third-order valence-corrected chi connectivity index (χ3v) is 5.16. The number of benzene rings is 2. The minimum atomic E-state index is -0.776. The van der Waals surface area contributed by atoms with Gasteiger partial charge in [0.05, 0.1) is 12.0 Å². The summed E-state index contributed by atoms with van der Waals surface area (Å²) in [5.74, 6) is 0.366. The smallest absolute Gasteiger partial charge is 0.235 e. The topological polar surface area (TPSA) is 38.3 Å². The Kier molecular flexibility index (Phi) is 5.92. The Hall–Kier alpha value is -2.36. The number of rotatable bonds is 7. The molecule has 1 saturated carbocycles. The first-order chi connectivity index (χ1) is 12.7. The van der Waals surface area contributed by atoms with E-state index in [0.717, 1.165) is 31.4 Å². The number of carbonyl (C=O) groups is 1. The Morgan fingerprint density at radius 1 is 1.12 bits per heavy atom. The molecule has 3 rings (SSSR count). The lowest BCUT2D eigenvalue weighted by atomic mass is 9.77. The predicted octanol–water partition coefficient (Wildman–Crippen LogP) is 5.46. The van der Waals surface area contributed by atoms with Crippen molar-refractivity contribution in [1.82, 2.24) is 0 Å². The molecular weight excluding hydrogens is 329 g/mol. The molecule has 0 heterocycles. The second-order valence-corrected chi connectivity index (χ2v) is 6.95. The van der Waals surface area contributed by atoms with Crippen LogP contribution in [0.15, 0.2) is 48.5 Å². The number of hydrogen-bond acceptors (Lipinski definition) is 2. The van der Waals surface area contributed by atoms with Crippen LogP contribution in [0, 0.1) is 5.82 Å². The molecule has 0 saturated heterocycles. The maximum absolute atomic E-state index is 14.4. The molecule has 0 atom stereocenters. The van der Waals surface area contributed by atoms with E-state index in [2.05, 4.69) is 12.2 Å². The molecule has 0 bridgehead atoms. The molecule has 2 aromatic carbocycles. The summed E-state index contributed by atoms with van der Waals surface area (Å²) in [6.45, 7) is 2.81. The SMILES string of the molecule is CCCCOc1ccc(NC(=O)C2(c3ccccc3F)CCCC2)cc1. The van der Waals surface area contributed by atoms with Crippen LogP contribution in [0.25, 0.3) is 0 Å². The standard InChI is InChI=1S/C22H26FNO2/c1-2-3-16-26-18-12-10-17(11-13-18)24-21(25)22(14-6-7-15-22)19-8-4-5-9-20(19)23/h4-5,8-13H,2-3,6-7,14-16H2,1H3,(H,24,25). The van der Waals surface area contributed by atoms with Gasteiger partial charge in [-0.1, -0.05) is 44.4 Å². The Morgan fingerprint density at radius 3 is 2.46 bits per heavy atom. The highest BCUT2D eigenvalue weighted by Gasteiger charge is 2.44. The molecule has 0 spiro atoms. The highest BCUT2D eigenvalue weighted by atomic mass is 19.1. The molecule has 0 unspecified atom stereocenters. The molecule has 1 fully saturated rings. The first kappa shape index (κ1) is 18.4. The number of nitrogens with one attached hydrogen (secondary N) is 1. The summed E-state index contributed by atoms with van der Waals surface area (Å²) >= 11 is 0. The number of anilines is 1. The normalized spacial score (nSPS) is 15.6. The van der Waals surface area contributed by atoms with E-state index in [-0.39, 0.29) is 11.7 Å². The van der Waals surface area contributed by atoms with E-state index in [9.17, 15) is 9.18 Å². The van der Waals surface area contributed by atoms with Gasteiger partial charge in [0.2, 0.25) is 5.91 Å². The number of amides is 1. The molecule has 26 heavy (non-hydrogen) atoms. The van der Waals surface area contributed by atoms with Crippen LogP contribution in [0.3, 0.4) is 0 Å². The van der Waals surface area contributed by atoms with Crippen molar-refractivity contribution in [2.24, 2.45) is 0 Å². The van der Waals surface area contributed by atoms with Crippen molar-refractivity contribution in [2.75, 3.05) is 11.9 Å². The van der Waals surface area contributed by atoms with E-state index in [0.29, 0.717) is 30.7 Å². The maximum Gasteiger partial charge on any atom is 0.235 e. The van der Waals surface area contributed by atoms with Crippen molar-refractivity contribution in [3.63, 3.8) is 0 Å². The fourth-order valence-electron chi connectivity index (χ4n) is 3.67. The van der Waals surface area contributed by atoms with E-state index in [1.54, 1.807) is 18.2 Å². The molecule has 4 heteroatoms. The molecule has 0 aromatic heterocycles. The van der Waals surface area contributed by atoms with Crippen LogP contribution in [0.1, 0.15) is 51.0 Å². The van der Waals surface area contributed by atoms with Gasteiger partial charge in [-0.05, 0) is 49.6 Å². The molecule has 2 aromatic rings. The van der Waals surface area contributed by atoms with E-state index in [1.165, 1.54) is 6.07 Å². The summed E-state index contributed by atoms with van der Waals surface area (Å²) < 4.78 is 20.0. The third kappa shape index (κ3) is 3.90. The zero-order chi connectivity index (χ0) is 18.4. The van der Waals surface area contributed by atoms with Gasteiger partial charge in [-0.2, -0.15) is 0 Å². The fourth-order valence-corrected chi connectivity index (χ4v) is 3.67. The number of carbonyl (C=O) groups excluding carboxylic acids is 1. The summed E-state index contributed by atoms with van der Waals surface area (Å²) in [6, 6.07) is 14.0. The number of ether oxygens (including phenoxy) is 1. The van der Waals surface area contributed by atoms with Crippen LogP contribution in [-0.4, -0.2) is 12.5 Å². The molecular formula is C22H26FNO2. The monoisotopic (exact) mass is 355 g/mol. The molecule has 0 radical (unpaired) electrons. The van der Waals surface area contributed by atoms with Gasteiger partial charge in [0.25, 0.3) is 0 Å². The molecule has 138 valence electrons. The second-order valence-electron chi connectivity index (χ2n) is 6.95. The van der Waals surface area contributed by atoms with Gasteiger partial charge in [0, 0.05) is 11.3 Å². The minimum Gasteiger partial charge on any atom is -0.494 e. The number of hydrogen-bond donors (Lipinski definition) is 1. The van der Waals surface area contributed by atoms with E-state index >= 15 is 0 Å². The van der Waals surface area contributed by atoms with Gasteiger partial charge in [-0.3, -0.25) is 4.79 Å². The summed E-state index contributed by atoms with van der Waals surface area (Å²) in [5, 5.41) is 2.98. The van der Waals surface area contributed by atoms with Gasteiger partial charge < -0.3 is 10.1 Å². The largest absolute Gasteiger partial charge is 0.494 e. The zero-order valence-electron chi connectivity index (χ0n) is 15.3. The summed E-state index contributed by atoms with van der Waals surface area (Å²) in [7, 11) is 0. The fraction of sp³-hybridized carbons (Fsp3) is 0.409. The highest BCUT2D eigenvalue weighted by molar-refractivity contribution is 5.99. The van der Waals surface area contributed by atoms with E-state index < -0.39 is 5.41 Å². The van der Waals surface area contributed by atoms with Crippen LogP contribution < -0.4 is 10.1 Å². The van der Waals surface area contributed by atoms with Crippen molar-refractivity contribution in [3.8, 4) is 5.75 Å². The second kappa shape index (κ2) is 8.35. The molecule has 0 aliphatic heterocycles. The summed E-state index contributed by atoms with van der Waals surface area (Å²) in [5.41, 5.74) is 0.441. The van der Waals surface area contributed by atoms with E-state index in [1.807, 2.05) is 24.3 Å². The predicted molar refractivity (Wildman–Crippen MR) is 102 cm³/mol. The lowest BCUT2D eigenvalue weighted by molar-refractivity contribution is -0.121. The molecule has 1 amide bonds. The molecule has 1 N–H and O–H groups in total. The summed E-state index contributed by atoms with van der Waals surface area (Å²) in [6.07, 6.45) is 5.34. The Morgan fingerprint density at radius 2 is 1.81 bits per heavy atom. The van der Waals surface area contributed by atoms with Crippen molar-refractivity contribution in [1.29, 1.82) is 0 Å². The van der Waals surface area contributed by atoms with Crippen LogP contribution in [0.5, 0.6) is 5.75 Å². The molecule has 1 aliphatic carbocycles. The first-order valence-electron chi connectivity index (χ1n) is 9.45. The minimum absolute atomic E-state index is 0.125. The number of halogens is 1. The lowest BCUT2D eigenvalue weighted by Crippen LogP contribution is -2.38. The van der Waals surface area contributed by atoms with Crippen molar-refractivity contribution in [3.05, 3.63) is 59.9 Å². The van der Waals surface area contributed by atoms with Crippen LogP contribution in [-0.2, 0) is 10.2 Å². The first-order valence-corrected chi connectivity index (χ1v) is 9.45. The maximum atomic E-state index is 14.4. The zero-order valence-corrected chi connectivity index (χ0v) is 15.3. The Balaban J connectivity index is 1.74. The van der Waals surface area contributed by atoms with Crippen LogP contribution >= 0.6 is 0 Å². The quantitative estimate of drug-likeness (QED) is 0.670. The van der Waals surface area contributed by atoms with Crippen LogP contribution in [0.2, 0.25) is 0 Å². The number of unbranched alkanes of at least 4 members (excludes halogenated alkanes) is 1. The van der Waals surface area contributed by atoms with Crippen LogP contribution in [0.4, 0.5) is 10.1 Å². The van der Waals surface area contributed by atoms with Crippen molar-refractivity contribution in [2.45, 2.75) is 50.9 Å². The highest BCUT2D eigenvalue weighted by Crippen LogP contribution is 2.43. The van der Waals surface area contributed by atoms with E-state index in [4.69, 9.17) is 4.74 Å². The van der Waals surface area contributed by atoms with Gasteiger partial charge in [0.1, 0.15) is 11.6 Å². The van der Waals surface area contributed by atoms with Gasteiger partial charge in [0.15, 0.2) is 0 Å². The molecule has 3 nitrogen and oxygen atoms in total. The molecule has 1 aliphatic rings. The average molecular weight is 355 g/mol. The van der Waals surface area contributed by atoms with Gasteiger partial charge in [-0.25, -0.2) is 4.39 Å². The Labute approximate surface area is 154 Å². The van der Waals surface area contributed by atoms with Crippen molar-refractivity contribution < 1.29 is 13.9 Å². The van der Waals surface area contributed by atoms with Crippen molar-refractivity contribution >= 4 is 11.6 Å². The third-order valence-electron chi connectivity index (χ3n) is 5.16. The lowest BCUT2D eigenvalue weighted by Gasteiger charge is -2.28.